The molecule has 7 nitrogen and oxygen atoms in total. The fraction of sp³-hybridized carbons (Fsp3) is 0.667. The van der Waals surface area contributed by atoms with Gasteiger partial charge < -0.3 is 18.8 Å². The van der Waals surface area contributed by atoms with Crippen LogP contribution in [0, 0.1) is 0 Å². The Labute approximate surface area is 129 Å². The van der Waals surface area contributed by atoms with Gasteiger partial charge in [0.1, 0.15) is 0 Å². The van der Waals surface area contributed by atoms with Crippen molar-refractivity contribution in [3.05, 3.63) is 23.6 Å². The first kappa shape index (κ1) is 15.0. The highest BCUT2D eigenvalue weighted by atomic mass is 16.5. The zero-order chi connectivity index (χ0) is 15.5. The third kappa shape index (κ3) is 3.14. The highest BCUT2D eigenvalue weighted by Gasteiger charge is 2.31. The predicted octanol–water partition coefficient (Wildman–Crippen LogP) is 1.79. The summed E-state index contributed by atoms with van der Waals surface area (Å²) >= 11 is 0. The molecule has 0 radical (unpaired) electrons. The van der Waals surface area contributed by atoms with Gasteiger partial charge in [-0.25, -0.2) is 0 Å². The van der Waals surface area contributed by atoms with E-state index in [-0.39, 0.29) is 17.9 Å². The first-order chi connectivity index (χ1) is 10.6. The van der Waals surface area contributed by atoms with Crippen LogP contribution in [0.4, 0.5) is 0 Å². The van der Waals surface area contributed by atoms with Crippen LogP contribution in [0.3, 0.4) is 0 Å². The lowest BCUT2D eigenvalue weighted by molar-refractivity contribution is -0.136. The third-order valence-electron chi connectivity index (χ3n) is 3.79. The van der Waals surface area contributed by atoms with Crippen LogP contribution in [0.2, 0.25) is 0 Å². The summed E-state index contributed by atoms with van der Waals surface area (Å²) in [6, 6.07) is 0. The van der Waals surface area contributed by atoms with Crippen LogP contribution < -0.4 is 0 Å². The molecule has 0 spiro atoms. The molecular formula is C15H21N3O4. The van der Waals surface area contributed by atoms with Crippen molar-refractivity contribution < 1.29 is 18.7 Å². The number of ether oxygens (including phenoxy) is 2. The van der Waals surface area contributed by atoms with E-state index in [2.05, 4.69) is 10.2 Å². The number of nitrogens with zero attached hydrogens (tertiary/aromatic N) is 3. The second-order valence-corrected chi connectivity index (χ2v) is 5.86. The Morgan fingerprint density at radius 3 is 2.91 bits per heavy atom. The molecule has 1 amide bonds. The molecule has 22 heavy (non-hydrogen) atoms. The Kier molecular flexibility index (Phi) is 4.42. The minimum atomic E-state index is -0.359. The summed E-state index contributed by atoms with van der Waals surface area (Å²) in [4.78, 5) is 14.3. The summed E-state index contributed by atoms with van der Waals surface area (Å²) in [6.45, 7) is 6.12. The Morgan fingerprint density at radius 1 is 1.36 bits per heavy atom. The zero-order valence-electron chi connectivity index (χ0n) is 12.9. The molecule has 3 rings (SSSR count). The molecule has 2 aliphatic heterocycles. The number of amides is 1. The lowest BCUT2D eigenvalue weighted by atomic mass is 10.1. The smallest absolute Gasteiger partial charge is 0.253 e. The molecule has 1 aromatic rings. The van der Waals surface area contributed by atoms with Crippen molar-refractivity contribution in [2.45, 2.75) is 38.7 Å². The van der Waals surface area contributed by atoms with Gasteiger partial charge in [-0.3, -0.25) is 4.79 Å². The molecule has 0 aliphatic carbocycles. The first-order valence-electron chi connectivity index (χ1n) is 7.70. The van der Waals surface area contributed by atoms with E-state index in [1.54, 1.807) is 11.2 Å². The van der Waals surface area contributed by atoms with Crippen LogP contribution in [0.1, 0.15) is 50.5 Å². The molecule has 1 atom stereocenters. The van der Waals surface area contributed by atoms with Gasteiger partial charge in [-0.05, 0) is 12.8 Å². The van der Waals surface area contributed by atoms with Crippen molar-refractivity contribution in [1.82, 2.24) is 15.1 Å². The van der Waals surface area contributed by atoms with Crippen molar-refractivity contribution in [3.63, 3.8) is 0 Å². The van der Waals surface area contributed by atoms with Crippen LogP contribution in [0.25, 0.3) is 0 Å². The summed E-state index contributed by atoms with van der Waals surface area (Å²) in [6.07, 6.45) is 2.87. The zero-order valence-corrected chi connectivity index (χ0v) is 12.9. The van der Waals surface area contributed by atoms with Crippen molar-refractivity contribution in [2.24, 2.45) is 0 Å². The van der Waals surface area contributed by atoms with Gasteiger partial charge in [-0.15, -0.1) is 10.2 Å². The van der Waals surface area contributed by atoms with Crippen molar-refractivity contribution in [2.75, 3.05) is 26.3 Å². The van der Waals surface area contributed by atoms with Gasteiger partial charge in [0, 0.05) is 12.5 Å². The molecule has 3 heterocycles. The lowest BCUT2D eigenvalue weighted by Gasteiger charge is -2.32. The third-order valence-corrected chi connectivity index (χ3v) is 3.79. The lowest BCUT2D eigenvalue weighted by Crippen LogP contribution is -2.43. The van der Waals surface area contributed by atoms with Gasteiger partial charge in [0.15, 0.2) is 6.10 Å². The van der Waals surface area contributed by atoms with Crippen LogP contribution in [-0.2, 0) is 14.3 Å². The van der Waals surface area contributed by atoms with E-state index in [9.17, 15) is 4.79 Å². The highest BCUT2D eigenvalue weighted by Crippen LogP contribution is 2.25. The summed E-state index contributed by atoms with van der Waals surface area (Å²) < 4.78 is 16.6. The Hall–Kier alpha value is -1.89. The van der Waals surface area contributed by atoms with Gasteiger partial charge >= 0.3 is 0 Å². The topological polar surface area (TPSA) is 77.7 Å². The van der Waals surface area contributed by atoms with Crippen molar-refractivity contribution in [3.8, 4) is 0 Å². The Bertz CT molecular complexity index is 567. The van der Waals surface area contributed by atoms with Crippen LogP contribution in [-0.4, -0.2) is 47.3 Å². The summed E-state index contributed by atoms with van der Waals surface area (Å²) in [5.41, 5.74) is 0.722. The normalized spacial score (nSPS) is 22.4. The monoisotopic (exact) mass is 307 g/mol. The molecule has 7 heteroatoms. The first-order valence-corrected chi connectivity index (χ1v) is 7.70. The molecule has 1 fully saturated rings. The van der Waals surface area contributed by atoms with Gasteiger partial charge in [-0.2, -0.15) is 0 Å². The standard InChI is InChI=1S/C15H21N3O4/c1-10(2)13-16-17-14(22-13)12-8-18(5-7-21-12)15(19)11-4-3-6-20-9-11/h9-10,12H,3-8H2,1-2H3/t12-/m1/s1. The number of hydrogen-bond donors (Lipinski definition) is 0. The SMILES string of the molecule is CC(C)c1nnc([C@H]2CN(C(=O)C3=COCCC3)CCO2)o1. The van der Waals surface area contributed by atoms with Gasteiger partial charge in [0.2, 0.25) is 11.8 Å². The second kappa shape index (κ2) is 6.48. The van der Waals surface area contributed by atoms with Gasteiger partial charge in [0.25, 0.3) is 5.91 Å². The summed E-state index contributed by atoms with van der Waals surface area (Å²) in [5.74, 6) is 1.21. The Balaban J connectivity index is 1.68. The largest absolute Gasteiger partial charge is 0.501 e. The number of aromatic nitrogens is 2. The number of carbonyl (C=O) groups excluding carboxylic acids is 1. The quantitative estimate of drug-likeness (QED) is 0.847. The molecule has 0 saturated carbocycles. The molecule has 120 valence electrons. The van der Waals surface area contributed by atoms with E-state index in [1.807, 2.05) is 13.8 Å². The van der Waals surface area contributed by atoms with Crippen molar-refractivity contribution >= 4 is 5.91 Å². The molecular weight excluding hydrogens is 286 g/mol. The average Bonchev–Trinajstić information content (AvgIpc) is 3.05. The molecule has 0 N–H and O–H groups in total. The maximum Gasteiger partial charge on any atom is 0.253 e. The average molecular weight is 307 g/mol. The van der Waals surface area contributed by atoms with Crippen LogP contribution in [0.15, 0.2) is 16.3 Å². The molecule has 1 saturated heterocycles. The highest BCUT2D eigenvalue weighted by molar-refractivity contribution is 5.93. The number of hydrogen-bond acceptors (Lipinski definition) is 6. The fourth-order valence-electron chi connectivity index (χ4n) is 2.52. The van der Waals surface area contributed by atoms with E-state index in [4.69, 9.17) is 13.9 Å². The van der Waals surface area contributed by atoms with Gasteiger partial charge in [0.05, 0.1) is 31.6 Å². The van der Waals surface area contributed by atoms with E-state index < -0.39 is 0 Å². The molecule has 0 aromatic carbocycles. The minimum absolute atomic E-state index is 0.0107. The number of morpholine rings is 1. The van der Waals surface area contributed by atoms with Crippen LogP contribution in [0.5, 0.6) is 0 Å². The van der Waals surface area contributed by atoms with Gasteiger partial charge in [-0.1, -0.05) is 13.8 Å². The molecule has 0 unspecified atom stereocenters. The van der Waals surface area contributed by atoms with Crippen LogP contribution >= 0.6 is 0 Å². The minimum Gasteiger partial charge on any atom is -0.501 e. The molecule has 0 bridgehead atoms. The van der Waals surface area contributed by atoms with E-state index in [0.717, 1.165) is 18.4 Å². The summed E-state index contributed by atoms with van der Waals surface area (Å²) in [5, 5.41) is 8.07. The Morgan fingerprint density at radius 2 is 2.23 bits per heavy atom. The van der Waals surface area contributed by atoms with E-state index in [0.29, 0.717) is 38.1 Å². The van der Waals surface area contributed by atoms with E-state index >= 15 is 0 Å². The summed E-state index contributed by atoms with van der Waals surface area (Å²) in [7, 11) is 0. The fourth-order valence-corrected chi connectivity index (χ4v) is 2.52. The maximum atomic E-state index is 12.5. The number of carbonyl (C=O) groups is 1. The number of rotatable bonds is 3. The molecule has 1 aromatic heterocycles. The van der Waals surface area contributed by atoms with E-state index in [1.165, 1.54) is 0 Å². The maximum absolute atomic E-state index is 12.5. The second-order valence-electron chi connectivity index (χ2n) is 5.86. The van der Waals surface area contributed by atoms with Crippen molar-refractivity contribution in [1.29, 1.82) is 0 Å². The predicted molar refractivity (Wildman–Crippen MR) is 76.9 cm³/mol. The molecule has 2 aliphatic rings.